The van der Waals surface area contributed by atoms with Gasteiger partial charge in [-0.3, -0.25) is 14.2 Å². The van der Waals surface area contributed by atoms with Gasteiger partial charge in [-0.15, -0.1) is 0 Å². The smallest absolute Gasteiger partial charge is 0.257 e. The summed E-state index contributed by atoms with van der Waals surface area (Å²) in [5, 5.41) is 3.62. The molecule has 1 aliphatic rings. The summed E-state index contributed by atoms with van der Waals surface area (Å²) < 4.78 is 6.85. The van der Waals surface area contributed by atoms with Gasteiger partial charge in [0.1, 0.15) is 5.75 Å². The van der Waals surface area contributed by atoms with Gasteiger partial charge < -0.3 is 10.1 Å². The van der Waals surface area contributed by atoms with Crippen molar-refractivity contribution < 1.29 is 9.53 Å². The Labute approximate surface area is 150 Å². The number of nitrogens with one attached hydrogen (secondary N) is 1. The van der Waals surface area contributed by atoms with Crippen LogP contribution in [0.4, 0.5) is 0 Å². The van der Waals surface area contributed by atoms with Crippen molar-refractivity contribution in [3.8, 4) is 5.75 Å². The monoisotopic (exact) mass is 359 g/mol. The number of nitrogens with zero attached hydrogens (tertiary/aromatic N) is 2. The van der Waals surface area contributed by atoms with Crippen LogP contribution in [-0.4, -0.2) is 28.3 Å². The number of benzene rings is 1. The fourth-order valence-electron chi connectivity index (χ4n) is 2.79. The van der Waals surface area contributed by atoms with E-state index in [0.29, 0.717) is 23.0 Å². The Morgan fingerprint density at radius 2 is 2.24 bits per heavy atom. The molecule has 1 aromatic heterocycles. The molecule has 0 fully saturated rings. The fourth-order valence-corrected chi connectivity index (χ4v) is 3.97. The fraction of sp³-hybridized carbons (Fsp3) is 0.389. The highest BCUT2D eigenvalue weighted by Gasteiger charge is 2.28. The van der Waals surface area contributed by atoms with E-state index in [2.05, 4.69) is 10.3 Å². The van der Waals surface area contributed by atoms with Crippen molar-refractivity contribution in [3.63, 3.8) is 0 Å². The van der Waals surface area contributed by atoms with Gasteiger partial charge in [-0.2, -0.15) is 0 Å². The molecule has 6 nitrogen and oxygen atoms in total. The number of methoxy groups -OCH3 is 1. The first kappa shape index (κ1) is 17.5. The molecule has 0 saturated carbocycles. The quantitative estimate of drug-likeness (QED) is 0.829. The van der Waals surface area contributed by atoms with Gasteiger partial charge in [0.05, 0.1) is 13.2 Å². The lowest BCUT2D eigenvalue weighted by Gasteiger charge is -2.14. The largest absolute Gasteiger partial charge is 0.497 e. The molecule has 1 atom stereocenters. The summed E-state index contributed by atoms with van der Waals surface area (Å²) in [6.07, 6.45) is 0.272. The van der Waals surface area contributed by atoms with E-state index >= 15 is 0 Å². The molecular formula is C18H21N3O3S. The number of carbonyl (C=O) groups excluding carboxylic acids is 1. The van der Waals surface area contributed by atoms with E-state index in [1.807, 2.05) is 31.2 Å². The number of aryl methyl sites for hydroxylation is 1. The molecule has 1 aliphatic heterocycles. The van der Waals surface area contributed by atoms with E-state index < -0.39 is 0 Å². The van der Waals surface area contributed by atoms with Gasteiger partial charge in [0, 0.05) is 30.0 Å². The Bertz CT molecular complexity index is 863. The highest BCUT2D eigenvalue weighted by molar-refractivity contribution is 7.99. The van der Waals surface area contributed by atoms with E-state index in [9.17, 15) is 9.59 Å². The topological polar surface area (TPSA) is 73.2 Å². The lowest BCUT2D eigenvalue weighted by molar-refractivity contribution is -0.121. The molecule has 0 saturated heterocycles. The average molecular weight is 359 g/mol. The maximum Gasteiger partial charge on any atom is 0.257 e. The zero-order valence-electron chi connectivity index (χ0n) is 14.5. The molecule has 2 heterocycles. The average Bonchev–Trinajstić information content (AvgIpc) is 3.00. The third kappa shape index (κ3) is 3.71. The van der Waals surface area contributed by atoms with Crippen molar-refractivity contribution in [2.45, 2.75) is 38.0 Å². The molecule has 132 valence electrons. The minimum atomic E-state index is -0.149. The van der Waals surface area contributed by atoms with Crippen molar-refractivity contribution in [1.29, 1.82) is 0 Å². The number of fused-ring (bicyclic) bond motifs is 1. The third-order valence-corrected chi connectivity index (χ3v) is 5.46. The summed E-state index contributed by atoms with van der Waals surface area (Å²) in [6.45, 7) is 4.05. The summed E-state index contributed by atoms with van der Waals surface area (Å²) in [7, 11) is 1.61. The Morgan fingerprint density at radius 3 is 3.00 bits per heavy atom. The van der Waals surface area contributed by atoms with Crippen LogP contribution >= 0.6 is 11.8 Å². The predicted octanol–water partition coefficient (Wildman–Crippen LogP) is 2.22. The van der Waals surface area contributed by atoms with E-state index in [4.69, 9.17) is 4.74 Å². The maximum absolute atomic E-state index is 12.5. The van der Waals surface area contributed by atoms with Crippen molar-refractivity contribution in [2.75, 3.05) is 12.9 Å². The van der Waals surface area contributed by atoms with Crippen LogP contribution in [0, 0.1) is 13.8 Å². The summed E-state index contributed by atoms with van der Waals surface area (Å²) in [6, 6.07) is 7.43. The number of hydrogen-bond donors (Lipinski definition) is 1. The molecule has 2 aromatic rings. The minimum Gasteiger partial charge on any atom is -0.497 e. The molecular weight excluding hydrogens is 338 g/mol. The van der Waals surface area contributed by atoms with E-state index in [1.165, 1.54) is 11.8 Å². The highest BCUT2D eigenvalue weighted by atomic mass is 32.2. The molecule has 1 amide bonds. The number of thioether (sulfide) groups is 1. The molecule has 1 N–H and O–H groups in total. The SMILES string of the molecule is COc1cccc(CNC(=O)C[C@H]2CSc3nc(C)c(C)c(=O)n32)c1. The van der Waals surface area contributed by atoms with Gasteiger partial charge in [-0.1, -0.05) is 23.9 Å². The van der Waals surface area contributed by atoms with E-state index in [-0.39, 0.29) is 23.9 Å². The van der Waals surface area contributed by atoms with E-state index in [0.717, 1.165) is 17.0 Å². The number of amides is 1. The number of ether oxygens (including phenoxy) is 1. The zero-order chi connectivity index (χ0) is 18.0. The normalized spacial score (nSPS) is 15.7. The summed E-state index contributed by atoms with van der Waals surface area (Å²) in [4.78, 5) is 29.3. The second kappa shape index (κ2) is 7.31. The first-order valence-electron chi connectivity index (χ1n) is 8.11. The number of rotatable bonds is 5. The Morgan fingerprint density at radius 1 is 1.44 bits per heavy atom. The van der Waals surface area contributed by atoms with Crippen molar-refractivity contribution >= 4 is 17.7 Å². The standard InChI is InChI=1S/C18H21N3O3S/c1-11-12(2)20-18-21(17(11)23)14(10-25-18)8-16(22)19-9-13-5-4-6-15(7-13)24-3/h4-7,14H,8-10H2,1-3H3,(H,19,22)/t14-/m0/s1. The van der Waals surface area contributed by atoms with Crippen molar-refractivity contribution in [3.05, 3.63) is 51.4 Å². The first-order chi connectivity index (χ1) is 12.0. The number of aromatic nitrogens is 2. The number of carbonyl (C=O) groups is 1. The van der Waals surface area contributed by atoms with Crippen LogP contribution in [0.2, 0.25) is 0 Å². The predicted molar refractivity (Wildman–Crippen MR) is 97.2 cm³/mol. The minimum absolute atomic E-state index is 0.0434. The summed E-state index contributed by atoms with van der Waals surface area (Å²) in [5.41, 5.74) is 2.33. The van der Waals surface area contributed by atoms with Gasteiger partial charge in [0.15, 0.2) is 5.16 Å². The van der Waals surface area contributed by atoms with Crippen LogP contribution in [0.15, 0.2) is 34.2 Å². The molecule has 0 aliphatic carbocycles. The van der Waals surface area contributed by atoms with Crippen molar-refractivity contribution in [2.24, 2.45) is 0 Å². The second-order valence-electron chi connectivity index (χ2n) is 6.08. The van der Waals surface area contributed by atoms with Gasteiger partial charge in [-0.05, 0) is 31.5 Å². The lowest BCUT2D eigenvalue weighted by Crippen LogP contribution is -2.31. The van der Waals surface area contributed by atoms with Crippen LogP contribution < -0.4 is 15.6 Å². The molecule has 7 heteroatoms. The Kier molecular flexibility index (Phi) is 5.13. The molecule has 1 aromatic carbocycles. The zero-order valence-corrected chi connectivity index (χ0v) is 15.4. The molecule has 0 bridgehead atoms. The summed E-state index contributed by atoms with van der Waals surface area (Å²) >= 11 is 1.53. The molecule has 0 spiro atoms. The molecule has 0 unspecified atom stereocenters. The van der Waals surface area contributed by atoms with Crippen molar-refractivity contribution in [1.82, 2.24) is 14.9 Å². The van der Waals surface area contributed by atoms with Gasteiger partial charge in [0.2, 0.25) is 5.91 Å². The van der Waals surface area contributed by atoms with Gasteiger partial charge >= 0.3 is 0 Å². The van der Waals surface area contributed by atoms with Crippen LogP contribution in [0.3, 0.4) is 0 Å². The van der Waals surface area contributed by atoms with Gasteiger partial charge in [0.25, 0.3) is 5.56 Å². The second-order valence-corrected chi connectivity index (χ2v) is 7.06. The van der Waals surface area contributed by atoms with Crippen LogP contribution in [0.25, 0.3) is 0 Å². The van der Waals surface area contributed by atoms with Crippen LogP contribution in [-0.2, 0) is 11.3 Å². The Hall–Kier alpha value is -2.28. The molecule has 3 rings (SSSR count). The highest BCUT2D eigenvalue weighted by Crippen LogP contribution is 2.32. The first-order valence-corrected chi connectivity index (χ1v) is 9.10. The molecule has 0 radical (unpaired) electrons. The summed E-state index contributed by atoms with van der Waals surface area (Å²) in [5.74, 6) is 1.38. The number of hydrogen-bond acceptors (Lipinski definition) is 5. The van der Waals surface area contributed by atoms with Crippen LogP contribution in [0.5, 0.6) is 5.75 Å². The third-order valence-electron chi connectivity index (χ3n) is 4.37. The molecule has 25 heavy (non-hydrogen) atoms. The maximum atomic E-state index is 12.5. The lowest BCUT2D eigenvalue weighted by atomic mass is 10.2. The Balaban J connectivity index is 1.65. The van der Waals surface area contributed by atoms with Crippen LogP contribution in [0.1, 0.15) is 29.3 Å². The van der Waals surface area contributed by atoms with Gasteiger partial charge in [-0.25, -0.2) is 4.98 Å². The van der Waals surface area contributed by atoms with E-state index in [1.54, 1.807) is 18.6 Å².